The van der Waals surface area contributed by atoms with Gasteiger partial charge in [-0.3, -0.25) is 4.79 Å². The van der Waals surface area contributed by atoms with Gasteiger partial charge in [-0.2, -0.15) is 0 Å². The summed E-state index contributed by atoms with van der Waals surface area (Å²) in [5, 5.41) is 19.6. The molecule has 3 rings (SSSR count). The quantitative estimate of drug-likeness (QED) is 0.646. The fourth-order valence-corrected chi connectivity index (χ4v) is 4.07. The predicted molar refractivity (Wildman–Crippen MR) is 96.9 cm³/mol. The molecule has 1 aliphatic rings. The molecule has 23 heavy (non-hydrogen) atoms. The van der Waals surface area contributed by atoms with Crippen LogP contribution in [0.5, 0.6) is 11.5 Å². The third-order valence-corrected chi connectivity index (χ3v) is 5.26. The number of benzene rings is 2. The first-order valence-corrected chi connectivity index (χ1v) is 8.78. The molecule has 0 amide bonds. The molecule has 5 heteroatoms. The maximum atomic E-state index is 13.0. The summed E-state index contributed by atoms with van der Waals surface area (Å²) in [5.74, 6) is 0.114. The minimum absolute atomic E-state index is 0.0655. The van der Waals surface area contributed by atoms with Crippen molar-refractivity contribution in [1.82, 2.24) is 0 Å². The zero-order chi connectivity index (χ0) is 16.7. The van der Waals surface area contributed by atoms with Gasteiger partial charge in [-0.1, -0.05) is 18.6 Å². The molecule has 0 atom stereocenters. The molecule has 0 aromatic heterocycles. The molecule has 0 saturated carbocycles. The van der Waals surface area contributed by atoms with Gasteiger partial charge in [-0.05, 0) is 80.1 Å². The number of ketones is 1. The Kier molecular flexibility index (Phi) is 4.34. The van der Waals surface area contributed by atoms with Gasteiger partial charge >= 0.3 is 0 Å². The van der Waals surface area contributed by atoms with E-state index in [0.717, 1.165) is 29.5 Å². The zero-order valence-electron chi connectivity index (χ0n) is 12.4. The van der Waals surface area contributed by atoms with E-state index in [2.05, 4.69) is 31.9 Å². The molecule has 0 spiro atoms. The smallest absolute Gasteiger partial charge is 0.193 e. The van der Waals surface area contributed by atoms with Crippen LogP contribution in [0.15, 0.2) is 44.9 Å². The molecular weight excluding hydrogens is 424 g/mol. The first-order valence-electron chi connectivity index (χ1n) is 7.19. The summed E-state index contributed by atoms with van der Waals surface area (Å²) in [4.78, 5) is 13.0. The second-order valence-corrected chi connectivity index (χ2v) is 7.18. The average molecular weight is 438 g/mol. The Morgan fingerprint density at radius 2 is 1.78 bits per heavy atom. The van der Waals surface area contributed by atoms with E-state index in [1.807, 2.05) is 13.0 Å². The van der Waals surface area contributed by atoms with Crippen molar-refractivity contribution in [2.24, 2.45) is 0 Å². The van der Waals surface area contributed by atoms with E-state index in [0.29, 0.717) is 20.1 Å². The highest BCUT2D eigenvalue weighted by Crippen LogP contribution is 2.40. The van der Waals surface area contributed by atoms with Gasteiger partial charge in [-0.25, -0.2) is 0 Å². The van der Waals surface area contributed by atoms with Crippen LogP contribution in [0.1, 0.15) is 34.8 Å². The number of carbonyl (C=O) groups is 1. The number of hydrogen-bond donors (Lipinski definition) is 2. The summed E-state index contributed by atoms with van der Waals surface area (Å²) in [6.45, 7) is 2.02. The van der Waals surface area contributed by atoms with E-state index in [9.17, 15) is 15.0 Å². The minimum atomic E-state index is -0.104. The van der Waals surface area contributed by atoms with Crippen molar-refractivity contribution in [3.05, 3.63) is 61.5 Å². The number of phenolic OH excluding ortho intramolecular Hbond substituents is 2. The molecule has 1 aliphatic carbocycles. The third-order valence-electron chi connectivity index (χ3n) is 4.05. The van der Waals surface area contributed by atoms with Crippen LogP contribution in [0.3, 0.4) is 0 Å². The molecule has 2 aromatic rings. The highest BCUT2D eigenvalue weighted by Gasteiger charge is 2.27. The maximum absolute atomic E-state index is 13.0. The van der Waals surface area contributed by atoms with Crippen molar-refractivity contribution < 1.29 is 15.0 Å². The Morgan fingerprint density at radius 3 is 2.39 bits per heavy atom. The number of Topliss-reactive ketones (excluding diaryl/α,β-unsaturated/α-hetero) is 1. The molecule has 3 nitrogen and oxygen atoms in total. The number of aromatic hydroxyl groups is 2. The van der Waals surface area contributed by atoms with Crippen molar-refractivity contribution in [2.75, 3.05) is 0 Å². The summed E-state index contributed by atoms with van der Waals surface area (Å²) in [6.07, 6.45) is 1.50. The largest absolute Gasteiger partial charge is 0.508 e. The number of hydrogen-bond acceptors (Lipinski definition) is 3. The Labute approximate surface area is 150 Å². The van der Waals surface area contributed by atoms with E-state index < -0.39 is 0 Å². The lowest BCUT2D eigenvalue weighted by atomic mass is 9.95. The number of fused-ring (bicyclic) bond motifs is 1. The molecule has 0 saturated heterocycles. The van der Waals surface area contributed by atoms with Crippen molar-refractivity contribution >= 4 is 43.2 Å². The molecule has 0 radical (unpaired) electrons. The summed E-state index contributed by atoms with van der Waals surface area (Å²) >= 11 is 6.52. The first-order chi connectivity index (χ1) is 10.9. The van der Waals surface area contributed by atoms with Crippen molar-refractivity contribution in [3.63, 3.8) is 0 Å². The topological polar surface area (TPSA) is 57.5 Å². The van der Waals surface area contributed by atoms with Crippen LogP contribution in [0, 0.1) is 0 Å². The lowest BCUT2D eigenvalue weighted by Gasteiger charge is -2.10. The van der Waals surface area contributed by atoms with Gasteiger partial charge in [0, 0.05) is 11.1 Å². The van der Waals surface area contributed by atoms with Gasteiger partial charge in [0.15, 0.2) is 5.78 Å². The lowest BCUT2D eigenvalue weighted by molar-refractivity contribution is 0.105. The van der Waals surface area contributed by atoms with Crippen LogP contribution in [-0.2, 0) is 6.42 Å². The molecule has 0 unspecified atom stereocenters. The summed E-state index contributed by atoms with van der Waals surface area (Å²) in [5.41, 5.74) is 4.06. The number of rotatable bonds is 3. The Hall–Kier alpha value is -1.59. The Morgan fingerprint density at radius 1 is 1.13 bits per heavy atom. The van der Waals surface area contributed by atoms with Crippen molar-refractivity contribution in [1.29, 1.82) is 0 Å². The number of allylic oxidation sites excluding steroid dienone is 2. The first kappa shape index (κ1) is 16.3. The van der Waals surface area contributed by atoms with Gasteiger partial charge in [0.2, 0.25) is 0 Å². The molecule has 2 aromatic carbocycles. The van der Waals surface area contributed by atoms with Crippen LogP contribution in [0.2, 0.25) is 0 Å². The van der Waals surface area contributed by atoms with Crippen LogP contribution in [0.4, 0.5) is 0 Å². The number of halogens is 2. The molecule has 2 N–H and O–H groups in total. The van der Waals surface area contributed by atoms with E-state index >= 15 is 0 Å². The highest BCUT2D eigenvalue weighted by atomic mass is 79.9. The average Bonchev–Trinajstić information content (AvgIpc) is 2.89. The van der Waals surface area contributed by atoms with Gasteiger partial charge in [0.1, 0.15) is 11.5 Å². The fraction of sp³-hybridized carbons (Fsp3) is 0.167. The second kappa shape index (κ2) is 6.13. The third kappa shape index (κ3) is 2.83. The molecule has 0 aliphatic heterocycles. The second-order valence-electron chi connectivity index (χ2n) is 5.47. The SMILES string of the molecule is CCC1=C(C(=O)c2cc(Br)c(O)c(Br)c2)c2cc(O)ccc2C1. The lowest BCUT2D eigenvalue weighted by Crippen LogP contribution is -2.04. The van der Waals surface area contributed by atoms with Gasteiger partial charge in [-0.15, -0.1) is 0 Å². The van der Waals surface area contributed by atoms with Crippen LogP contribution in [-0.4, -0.2) is 16.0 Å². The van der Waals surface area contributed by atoms with E-state index in [1.165, 1.54) is 0 Å². The molecule has 0 fully saturated rings. The van der Waals surface area contributed by atoms with Gasteiger partial charge in [0.25, 0.3) is 0 Å². The van der Waals surface area contributed by atoms with Crippen LogP contribution < -0.4 is 0 Å². The normalized spacial score (nSPS) is 13.3. The number of carbonyl (C=O) groups excluding carboxylic acids is 1. The zero-order valence-corrected chi connectivity index (χ0v) is 15.5. The minimum Gasteiger partial charge on any atom is -0.508 e. The highest BCUT2D eigenvalue weighted by molar-refractivity contribution is 9.11. The fourth-order valence-electron chi connectivity index (χ4n) is 2.89. The van der Waals surface area contributed by atoms with Crippen LogP contribution >= 0.6 is 31.9 Å². The summed E-state index contributed by atoms with van der Waals surface area (Å²) in [6, 6.07) is 8.39. The Bertz CT molecular complexity index is 830. The van der Waals surface area contributed by atoms with E-state index in [-0.39, 0.29) is 17.3 Å². The monoisotopic (exact) mass is 436 g/mol. The van der Waals surface area contributed by atoms with Gasteiger partial charge < -0.3 is 10.2 Å². The Balaban J connectivity index is 2.14. The summed E-state index contributed by atoms with van der Waals surface area (Å²) in [7, 11) is 0. The molecule has 0 bridgehead atoms. The van der Waals surface area contributed by atoms with Crippen molar-refractivity contribution in [3.8, 4) is 11.5 Å². The molecule has 0 heterocycles. The van der Waals surface area contributed by atoms with E-state index in [4.69, 9.17) is 0 Å². The van der Waals surface area contributed by atoms with E-state index in [1.54, 1.807) is 24.3 Å². The van der Waals surface area contributed by atoms with Gasteiger partial charge in [0.05, 0.1) is 8.95 Å². The molecular formula is C18H14Br2O3. The number of phenols is 2. The summed E-state index contributed by atoms with van der Waals surface area (Å²) < 4.78 is 0.922. The van der Waals surface area contributed by atoms with Crippen LogP contribution in [0.25, 0.3) is 5.57 Å². The maximum Gasteiger partial charge on any atom is 0.193 e. The standard InChI is InChI=1S/C18H14Br2O3/c1-2-9-5-10-3-4-12(21)8-13(10)16(9)17(22)11-6-14(19)18(23)15(20)7-11/h3-4,6-8,21,23H,2,5H2,1H3. The van der Waals surface area contributed by atoms with Crippen molar-refractivity contribution in [2.45, 2.75) is 19.8 Å². The predicted octanol–water partition coefficient (Wildman–Crippen LogP) is 5.23. The molecule has 118 valence electrons.